The number of amides is 1. The van der Waals surface area contributed by atoms with Crippen LogP contribution < -0.4 is 11.1 Å². The van der Waals surface area contributed by atoms with Crippen LogP contribution in [0.1, 0.15) is 44.7 Å². The molecule has 1 aromatic rings. The zero-order valence-corrected chi connectivity index (χ0v) is 12.9. The molecule has 1 fully saturated rings. The highest BCUT2D eigenvalue weighted by atomic mass is 35.5. The molecule has 0 saturated heterocycles. The summed E-state index contributed by atoms with van der Waals surface area (Å²) in [5.74, 6) is 0. The van der Waals surface area contributed by atoms with Gasteiger partial charge in [-0.3, -0.25) is 0 Å². The van der Waals surface area contributed by atoms with Gasteiger partial charge in [-0.05, 0) is 56.9 Å². The number of carbonyl (C=O) groups excluding carboxylic acids is 1. The Morgan fingerprint density at radius 3 is 2.60 bits per heavy atom. The number of hydrogen-bond donors (Lipinski definition) is 2. The van der Waals surface area contributed by atoms with E-state index < -0.39 is 11.7 Å². The zero-order chi connectivity index (χ0) is 15.0. The van der Waals surface area contributed by atoms with Gasteiger partial charge in [-0.15, -0.1) is 0 Å². The lowest BCUT2D eigenvalue weighted by Crippen LogP contribution is -2.39. The average molecular weight is 297 g/mol. The van der Waals surface area contributed by atoms with Crippen molar-refractivity contribution in [2.75, 3.05) is 0 Å². The number of hydrogen-bond acceptors (Lipinski definition) is 3. The van der Waals surface area contributed by atoms with E-state index >= 15 is 0 Å². The number of ether oxygens (including phenoxy) is 1. The highest BCUT2D eigenvalue weighted by Crippen LogP contribution is 2.47. The van der Waals surface area contributed by atoms with Crippen molar-refractivity contribution >= 4 is 17.7 Å². The number of alkyl carbamates (subject to hydrolysis) is 1. The minimum Gasteiger partial charge on any atom is -0.444 e. The van der Waals surface area contributed by atoms with E-state index in [4.69, 9.17) is 22.1 Å². The summed E-state index contributed by atoms with van der Waals surface area (Å²) in [6, 6.07) is 5.62. The molecule has 20 heavy (non-hydrogen) atoms. The predicted octanol–water partition coefficient (Wildman–Crippen LogP) is 3.31. The van der Waals surface area contributed by atoms with Gasteiger partial charge in [0.25, 0.3) is 0 Å². The van der Waals surface area contributed by atoms with Crippen LogP contribution >= 0.6 is 11.6 Å². The van der Waals surface area contributed by atoms with Gasteiger partial charge < -0.3 is 15.8 Å². The molecule has 4 nitrogen and oxygen atoms in total. The lowest BCUT2D eigenvalue weighted by atomic mass is 9.98. The van der Waals surface area contributed by atoms with E-state index in [1.54, 1.807) is 0 Å². The van der Waals surface area contributed by atoms with Crippen LogP contribution in [0.3, 0.4) is 0 Å². The fraction of sp³-hybridized carbons (Fsp3) is 0.533. The van der Waals surface area contributed by atoms with Crippen LogP contribution in [-0.4, -0.2) is 11.7 Å². The van der Waals surface area contributed by atoms with Gasteiger partial charge >= 0.3 is 6.09 Å². The largest absolute Gasteiger partial charge is 0.444 e. The second kappa shape index (κ2) is 5.26. The first-order valence-electron chi connectivity index (χ1n) is 6.76. The van der Waals surface area contributed by atoms with Crippen molar-refractivity contribution in [1.29, 1.82) is 0 Å². The van der Waals surface area contributed by atoms with Crippen LogP contribution in [0, 0.1) is 0 Å². The van der Waals surface area contributed by atoms with Gasteiger partial charge in [-0.1, -0.05) is 17.7 Å². The van der Waals surface area contributed by atoms with Crippen molar-refractivity contribution in [1.82, 2.24) is 5.32 Å². The molecule has 3 N–H and O–H groups in total. The number of benzene rings is 1. The maximum Gasteiger partial charge on any atom is 0.408 e. The lowest BCUT2D eigenvalue weighted by molar-refractivity contribution is 0.0495. The van der Waals surface area contributed by atoms with E-state index in [1.807, 2.05) is 39.0 Å². The molecule has 0 spiro atoms. The highest BCUT2D eigenvalue weighted by molar-refractivity contribution is 6.30. The van der Waals surface area contributed by atoms with Gasteiger partial charge in [0.05, 0.1) is 5.54 Å². The molecule has 0 atom stereocenters. The summed E-state index contributed by atoms with van der Waals surface area (Å²) >= 11 is 5.99. The second-order valence-electron chi connectivity index (χ2n) is 6.21. The summed E-state index contributed by atoms with van der Waals surface area (Å²) in [4.78, 5) is 12.0. The number of nitrogens with one attached hydrogen (secondary N) is 1. The predicted molar refractivity (Wildman–Crippen MR) is 79.6 cm³/mol. The molecule has 2 rings (SSSR count). The Balaban J connectivity index is 2.18. The molecule has 1 saturated carbocycles. The van der Waals surface area contributed by atoms with Crippen molar-refractivity contribution in [2.45, 2.75) is 51.3 Å². The minimum atomic E-state index is -0.503. The first-order valence-corrected chi connectivity index (χ1v) is 7.14. The fourth-order valence-corrected chi connectivity index (χ4v) is 2.48. The Morgan fingerprint density at radius 2 is 2.10 bits per heavy atom. The normalized spacial score (nSPS) is 16.6. The molecule has 0 bridgehead atoms. The number of nitrogens with two attached hydrogens (primary N) is 1. The first kappa shape index (κ1) is 15.1. The maximum atomic E-state index is 12.0. The molecule has 1 amide bonds. The van der Waals surface area contributed by atoms with Gasteiger partial charge in [0.1, 0.15) is 5.60 Å². The molecule has 1 aromatic carbocycles. The fourth-order valence-electron chi connectivity index (χ4n) is 2.28. The Bertz CT molecular complexity index is 519. The zero-order valence-electron chi connectivity index (χ0n) is 12.1. The van der Waals surface area contributed by atoms with E-state index in [-0.39, 0.29) is 5.54 Å². The molecule has 1 aliphatic carbocycles. The number of carbonyl (C=O) groups is 1. The Labute approximate surface area is 124 Å². The Hall–Kier alpha value is -1.26. The summed E-state index contributed by atoms with van der Waals surface area (Å²) in [5, 5.41) is 3.63. The first-order chi connectivity index (χ1) is 9.26. The molecule has 0 unspecified atom stereocenters. The van der Waals surface area contributed by atoms with E-state index in [1.165, 1.54) is 0 Å². The molecule has 0 heterocycles. The van der Waals surface area contributed by atoms with Gasteiger partial charge in [-0.25, -0.2) is 4.79 Å². The Morgan fingerprint density at radius 1 is 1.45 bits per heavy atom. The van der Waals surface area contributed by atoms with Gasteiger partial charge in [0.15, 0.2) is 0 Å². The van der Waals surface area contributed by atoms with Gasteiger partial charge in [-0.2, -0.15) is 0 Å². The topological polar surface area (TPSA) is 64.3 Å². The van der Waals surface area contributed by atoms with Crippen molar-refractivity contribution in [3.63, 3.8) is 0 Å². The standard InChI is InChI=1S/C15H21ClN2O2/c1-14(2,3)20-13(19)18-15(6-7-15)12-5-4-11(16)8-10(12)9-17/h4-5,8H,6-7,9,17H2,1-3H3,(H,18,19). The molecule has 0 aliphatic heterocycles. The van der Waals surface area contributed by atoms with Crippen LogP contribution in [0.15, 0.2) is 18.2 Å². The quantitative estimate of drug-likeness (QED) is 0.899. The lowest BCUT2D eigenvalue weighted by Gasteiger charge is -2.25. The number of rotatable bonds is 3. The summed E-state index contributed by atoms with van der Waals surface area (Å²) in [6.07, 6.45) is 1.38. The van der Waals surface area contributed by atoms with Crippen molar-refractivity contribution in [3.05, 3.63) is 34.3 Å². The molecular weight excluding hydrogens is 276 g/mol. The summed E-state index contributed by atoms with van der Waals surface area (Å²) in [7, 11) is 0. The SMILES string of the molecule is CC(C)(C)OC(=O)NC1(c2ccc(Cl)cc2CN)CC1. The van der Waals surface area contributed by atoms with Crippen LogP contribution in [0.5, 0.6) is 0 Å². The highest BCUT2D eigenvalue weighted by Gasteiger charge is 2.47. The van der Waals surface area contributed by atoms with Gasteiger partial charge in [0.2, 0.25) is 0 Å². The van der Waals surface area contributed by atoms with Crippen LogP contribution in [0.2, 0.25) is 5.02 Å². The van der Waals surface area contributed by atoms with E-state index in [0.717, 1.165) is 24.0 Å². The minimum absolute atomic E-state index is 0.346. The smallest absolute Gasteiger partial charge is 0.408 e. The third-order valence-electron chi connectivity index (χ3n) is 3.29. The summed E-state index contributed by atoms with van der Waals surface area (Å²) < 4.78 is 5.32. The van der Waals surface area contributed by atoms with Crippen molar-refractivity contribution in [2.24, 2.45) is 5.73 Å². The van der Waals surface area contributed by atoms with E-state index in [9.17, 15) is 4.79 Å². The van der Waals surface area contributed by atoms with Crippen molar-refractivity contribution < 1.29 is 9.53 Å². The maximum absolute atomic E-state index is 12.0. The summed E-state index contributed by atoms with van der Waals surface area (Å²) in [6.45, 7) is 5.94. The van der Waals surface area contributed by atoms with Crippen LogP contribution in [0.25, 0.3) is 0 Å². The molecule has 0 radical (unpaired) electrons. The molecule has 5 heteroatoms. The molecule has 1 aliphatic rings. The Kier molecular flexibility index (Phi) is 3.98. The van der Waals surface area contributed by atoms with Gasteiger partial charge in [0, 0.05) is 11.6 Å². The molecule has 110 valence electrons. The molecule has 0 aromatic heterocycles. The number of halogens is 1. The summed E-state index contributed by atoms with van der Waals surface area (Å²) in [5.41, 5.74) is 6.93. The van der Waals surface area contributed by atoms with Crippen LogP contribution in [-0.2, 0) is 16.8 Å². The third kappa shape index (κ3) is 3.44. The van der Waals surface area contributed by atoms with E-state index in [0.29, 0.717) is 11.6 Å². The molecular formula is C15H21ClN2O2. The monoisotopic (exact) mass is 296 g/mol. The average Bonchev–Trinajstić information content (AvgIpc) is 3.06. The van der Waals surface area contributed by atoms with Crippen LogP contribution in [0.4, 0.5) is 4.79 Å². The third-order valence-corrected chi connectivity index (χ3v) is 3.53. The van der Waals surface area contributed by atoms with Crippen molar-refractivity contribution in [3.8, 4) is 0 Å². The second-order valence-corrected chi connectivity index (χ2v) is 6.65. The van der Waals surface area contributed by atoms with E-state index in [2.05, 4.69) is 5.32 Å².